The number of aryl methyl sites for hydroxylation is 1. The smallest absolute Gasteiger partial charge is 0.251 e. The lowest BCUT2D eigenvalue weighted by atomic mass is 10.1. The summed E-state index contributed by atoms with van der Waals surface area (Å²) in [7, 11) is 0. The van der Waals surface area contributed by atoms with E-state index in [1.807, 2.05) is 19.9 Å². The molecule has 4 heteroatoms. The Morgan fingerprint density at radius 1 is 1.47 bits per heavy atom. The second-order valence-corrected chi connectivity index (χ2v) is 3.75. The van der Waals surface area contributed by atoms with Gasteiger partial charge in [0, 0.05) is 18.7 Å². The lowest BCUT2D eigenvalue weighted by molar-refractivity contribution is 0.0950. The van der Waals surface area contributed by atoms with Crippen LogP contribution >= 0.6 is 0 Å². The van der Waals surface area contributed by atoms with Crippen molar-refractivity contribution in [2.45, 2.75) is 20.3 Å². The molecule has 94 valence electrons. The molecule has 1 aromatic carbocycles. The summed E-state index contributed by atoms with van der Waals surface area (Å²) < 4.78 is 5.43. The first-order chi connectivity index (χ1) is 8.19. The molecular weight excluding hydrogens is 218 g/mol. The number of nitrogens with one attached hydrogen (secondary N) is 1. The average molecular weight is 237 g/mol. The summed E-state index contributed by atoms with van der Waals surface area (Å²) in [6, 6.07) is 5.38. The molecule has 0 aromatic heterocycles. The van der Waals surface area contributed by atoms with Gasteiger partial charge in [-0.3, -0.25) is 4.79 Å². The van der Waals surface area contributed by atoms with E-state index >= 15 is 0 Å². The number of carbonyl (C=O) groups excluding carboxylic acids is 1. The Labute approximate surface area is 102 Å². The molecule has 17 heavy (non-hydrogen) atoms. The van der Waals surface area contributed by atoms with Gasteiger partial charge >= 0.3 is 0 Å². The third-order valence-electron chi connectivity index (χ3n) is 2.37. The van der Waals surface area contributed by atoms with Crippen molar-refractivity contribution in [2.24, 2.45) is 0 Å². The van der Waals surface area contributed by atoms with Crippen LogP contribution in [0.3, 0.4) is 0 Å². The number of rotatable bonds is 6. The van der Waals surface area contributed by atoms with Crippen LogP contribution < -0.4 is 10.1 Å². The summed E-state index contributed by atoms with van der Waals surface area (Å²) in [4.78, 5) is 11.7. The van der Waals surface area contributed by atoms with E-state index in [4.69, 9.17) is 9.84 Å². The highest BCUT2D eigenvalue weighted by Gasteiger charge is 2.07. The van der Waals surface area contributed by atoms with Crippen LogP contribution in [0.5, 0.6) is 5.75 Å². The van der Waals surface area contributed by atoms with E-state index in [-0.39, 0.29) is 12.5 Å². The van der Waals surface area contributed by atoms with E-state index in [1.54, 1.807) is 12.1 Å². The predicted molar refractivity (Wildman–Crippen MR) is 66.4 cm³/mol. The molecule has 0 heterocycles. The van der Waals surface area contributed by atoms with Crippen LogP contribution in [0.25, 0.3) is 0 Å². The zero-order chi connectivity index (χ0) is 12.7. The number of carbonyl (C=O) groups is 1. The normalized spacial score (nSPS) is 10.1. The number of aliphatic hydroxyl groups excluding tert-OH is 1. The average Bonchev–Trinajstić information content (AvgIpc) is 2.32. The standard InChI is InChI=1S/C13H19NO3/c1-3-17-12-9-11(6-5-10(12)2)13(16)14-7-4-8-15/h5-6,9,15H,3-4,7-8H2,1-2H3,(H,14,16). The zero-order valence-corrected chi connectivity index (χ0v) is 10.3. The summed E-state index contributed by atoms with van der Waals surface area (Å²) in [5.74, 6) is 0.599. The maximum atomic E-state index is 11.7. The molecule has 4 nitrogen and oxygen atoms in total. The van der Waals surface area contributed by atoms with E-state index < -0.39 is 0 Å². The summed E-state index contributed by atoms with van der Waals surface area (Å²) in [6.45, 7) is 4.99. The minimum Gasteiger partial charge on any atom is -0.494 e. The first-order valence-electron chi connectivity index (χ1n) is 5.81. The van der Waals surface area contributed by atoms with Crippen LogP contribution in [-0.2, 0) is 0 Å². The number of hydrogen-bond donors (Lipinski definition) is 2. The molecule has 0 radical (unpaired) electrons. The van der Waals surface area contributed by atoms with Crippen LogP contribution in [0.1, 0.15) is 29.3 Å². The molecule has 0 aliphatic heterocycles. The lowest BCUT2D eigenvalue weighted by Gasteiger charge is -2.09. The maximum absolute atomic E-state index is 11.7. The highest BCUT2D eigenvalue weighted by atomic mass is 16.5. The van der Waals surface area contributed by atoms with Gasteiger partial charge in [0.15, 0.2) is 0 Å². The van der Waals surface area contributed by atoms with Gasteiger partial charge in [0.05, 0.1) is 6.61 Å². The van der Waals surface area contributed by atoms with Crippen molar-refractivity contribution in [3.8, 4) is 5.75 Å². The summed E-state index contributed by atoms with van der Waals surface area (Å²) in [5.41, 5.74) is 1.59. The van der Waals surface area contributed by atoms with Crippen molar-refractivity contribution < 1.29 is 14.6 Å². The van der Waals surface area contributed by atoms with Crippen molar-refractivity contribution in [3.63, 3.8) is 0 Å². The SMILES string of the molecule is CCOc1cc(C(=O)NCCCO)ccc1C. The second kappa shape index (κ2) is 6.91. The molecule has 0 aliphatic rings. The van der Waals surface area contributed by atoms with Crippen LogP contribution in [-0.4, -0.2) is 30.8 Å². The monoisotopic (exact) mass is 237 g/mol. The molecular formula is C13H19NO3. The quantitative estimate of drug-likeness (QED) is 0.737. The van der Waals surface area contributed by atoms with Gasteiger partial charge in [0.1, 0.15) is 5.75 Å². The Hall–Kier alpha value is -1.55. The Balaban J connectivity index is 2.70. The topological polar surface area (TPSA) is 58.6 Å². The maximum Gasteiger partial charge on any atom is 0.251 e. The molecule has 1 rings (SSSR count). The van der Waals surface area contributed by atoms with Crippen LogP contribution in [0.15, 0.2) is 18.2 Å². The number of benzene rings is 1. The highest BCUT2D eigenvalue weighted by Crippen LogP contribution is 2.19. The second-order valence-electron chi connectivity index (χ2n) is 3.75. The van der Waals surface area contributed by atoms with Gasteiger partial charge in [0.2, 0.25) is 0 Å². The molecule has 0 saturated carbocycles. The molecule has 2 N–H and O–H groups in total. The van der Waals surface area contributed by atoms with Gasteiger partial charge in [-0.2, -0.15) is 0 Å². The number of amides is 1. The fraction of sp³-hybridized carbons (Fsp3) is 0.462. The van der Waals surface area contributed by atoms with Gasteiger partial charge in [-0.25, -0.2) is 0 Å². The molecule has 0 spiro atoms. The Morgan fingerprint density at radius 2 is 2.24 bits per heavy atom. The minimum atomic E-state index is -0.139. The number of hydrogen-bond acceptors (Lipinski definition) is 3. The Kier molecular flexibility index (Phi) is 5.49. The van der Waals surface area contributed by atoms with Gasteiger partial charge < -0.3 is 15.2 Å². The number of aliphatic hydroxyl groups is 1. The van der Waals surface area contributed by atoms with Crippen LogP contribution in [0.2, 0.25) is 0 Å². The van der Waals surface area contributed by atoms with Crippen molar-refractivity contribution >= 4 is 5.91 Å². The third kappa shape index (κ3) is 4.07. The van der Waals surface area contributed by atoms with Gasteiger partial charge in [-0.1, -0.05) is 6.07 Å². The first-order valence-corrected chi connectivity index (χ1v) is 5.81. The van der Waals surface area contributed by atoms with Gasteiger partial charge in [0.25, 0.3) is 5.91 Å². The molecule has 1 aromatic rings. The highest BCUT2D eigenvalue weighted by molar-refractivity contribution is 5.94. The fourth-order valence-electron chi connectivity index (χ4n) is 1.44. The molecule has 1 amide bonds. The van der Waals surface area contributed by atoms with Crippen molar-refractivity contribution in [1.29, 1.82) is 0 Å². The van der Waals surface area contributed by atoms with E-state index in [0.29, 0.717) is 25.1 Å². The minimum absolute atomic E-state index is 0.0817. The first kappa shape index (κ1) is 13.5. The van der Waals surface area contributed by atoms with E-state index in [2.05, 4.69) is 5.32 Å². The van der Waals surface area contributed by atoms with Crippen LogP contribution in [0.4, 0.5) is 0 Å². The van der Waals surface area contributed by atoms with Gasteiger partial charge in [-0.15, -0.1) is 0 Å². The van der Waals surface area contributed by atoms with E-state index in [0.717, 1.165) is 11.3 Å². The lowest BCUT2D eigenvalue weighted by Crippen LogP contribution is -2.25. The van der Waals surface area contributed by atoms with Crippen molar-refractivity contribution in [2.75, 3.05) is 19.8 Å². The Morgan fingerprint density at radius 3 is 2.88 bits per heavy atom. The molecule has 0 saturated heterocycles. The zero-order valence-electron chi connectivity index (χ0n) is 10.3. The molecule has 0 atom stereocenters. The summed E-state index contributed by atoms with van der Waals surface area (Å²) in [5, 5.41) is 11.4. The largest absolute Gasteiger partial charge is 0.494 e. The van der Waals surface area contributed by atoms with Gasteiger partial charge in [-0.05, 0) is 38.0 Å². The van der Waals surface area contributed by atoms with Crippen molar-refractivity contribution in [3.05, 3.63) is 29.3 Å². The summed E-state index contributed by atoms with van der Waals surface area (Å²) in [6.07, 6.45) is 0.565. The summed E-state index contributed by atoms with van der Waals surface area (Å²) >= 11 is 0. The molecule has 0 fully saturated rings. The van der Waals surface area contributed by atoms with E-state index in [1.165, 1.54) is 0 Å². The Bertz CT molecular complexity index is 377. The number of ether oxygens (including phenoxy) is 1. The third-order valence-corrected chi connectivity index (χ3v) is 2.37. The molecule has 0 unspecified atom stereocenters. The molecule has 0 bridgehead atoms. The van der Waals surface area contributed by atoms with E-state index in [9.17, 15) is 4.79 Å². The fourth-order valence-corrected chi connectivity index (χ4v) is 1.44. The van der Waals surface area contributed by atoms with Crippen LogP contribution in [0, 0.1) is 6.92 Å². The van der Waals surface area contributed by atoms with Crippen molar-refractivity contribution in [1.82, 2.24) is 5.32 Å². The molecule has 0 aliphatic carbocycles. The predicted octanol–water partition coefficient (Wildman–Crippen LogP) is 1.51.